The molecule has 1 saturated heterocycles. The SMILES string of the molecule is CN(C)CCNC(=O)c1cccc(C(=O)N2CCOCC2)n1. The van der Waals surface area contributed by atoms with Gasteiger partial charge in [-0.2, -0.15) is 0 Å². The molecule has 0 aromatic carbocycles. The second-order valence-corrected chi connectivity index (χ2v) is 5.37. The maximum atomic E-state index is 12.3. The first-order valence-corrected chi connectivity index (χ1v) is 7.35. The summed E-state index contributed by atoms with van der Waals surface area (Å²) in [5.41, 5.74) is 0.556. The van der Waals surface area contributed by atoms with Gasteiger partial charge in [0.05, 0.1) is 13.2 Å². The summed E-state index contributed by atoms with van der Waals surface area (Å²) in [6, 6.07) is 4.93. The third-order valence-corrected chi connectivity index (χ3v) is 3.34. The Hall–Kier alpha value is -1.99. The maximum absolute atomic E-state index is 12.3. The maximum Gasteiger partial charge on any atom is 0.272 e. The first kappa shape index (κ1) is 16.4. The predicted octanol–water partition coefficient (Wildman–Crippen LogP) is -0.155. The second-order valence-electron chi connectivity index (χ2n) is 5.37. The van der Waals surface area contributed by atoms with Crippen molar-refractivity contribution in [2.24, 2.45) is 0 Å². The number of hydrogen-bond donors (Lipinski definition) is 1. The van der Waals surface area contributed by atoms with Gasteiger partial charge in [-0.15, -0.1) is 0 Å². The van der Waals surface area contributed by atoms with Gasteiger partial charge in [-0.3, -0.25) is 9.59 Å². The molecule has 22 heavy (non-hydrogen) atoms. The Morgan fingerprint density at radius 3 is 2.64 bits per heavy atom. The second kappa shape index (κ2) is 7.86. The Bertz CT molecular complexity index is 527. The smallest absolute Gasteiger partial charge is 0.272 e. The fourth-order valence-corrected chi connectivity index (χ4v) is 2.09. The summed E-state index contributed by atoms with van der Waals surface area (Å²) in [4.78, 5) is 32.2. The number of morpholine rings is 1. The normalized spacial score (nSPS) is 15.0. The van der Waals surface area contributed by atoms with Crippen molar-refractivity contribution in [1.29, 1.82) is 0 Å². The van der Waals surface area contributed by atoms with Crippen LogP contribution < -0.4 is 5.32 Å². The van der Waals surface area contributed by atoms with Crippen LogP contribution in [0.2, 0.25) is 0 Å². The van der Waals surface area contributed by atoms with E-state index in [2.05, 4.69) is 10.3 Å². The van der Waals surface area contributed by atoms with Gasteiger partial charge in [0.1, 0.15) is 11.4 Å². The Morgan fingerprint density at radius 1 is 1.27 bits per heavy atom. The molecular formula is C15H22N4O3. The minimum absolute atomic E-state index is 0.161. The number of hydrogen-bond acceptors (Lipinski definition) is 5. The van der Waals surface area contributed by atoms with Gasteiger partial charge in [-0.1, -0.05) is 6.07 Å². The van der Waals surface area contributed by atoms with Crippen molar-refractivity contribution in [3.63, 3.8) is 0 Å². The number of rotatable bonds is 5. The number of amides is 2. The summed E-state index contributed by atoms with van der Waals surface area (Å²) < 4.78 is 5.23. The molecule has 0 unspecified atom stereocenters. The minimum Gasteiger partial charge on any atom is -0.378 e. The fourth-order valence-electron chi connectivity index (χ4n) is 2.09. The van der Waals surface area contributed by atoms with Gasteiger partial charge in [-0.25, -0.2) is 4.98 Å². The molecule has 2 heterocycles. The van der Waals surface area contributed by atoms with E-state index < -0.39 is 0 Å². The third-order valence-electron chi connectivity index (χ3n) is 3.34. The predicted molar refractivity (Wildman–Crippen MR) is 81.8 cm³/mol. The molecule has 0 aliphatic carbocycles. The zero-order valence-corrected chi connectivity index (χ0v) is 13.0. The quantitative estimate of drug-likeness (QED) is 0.818. The highest BCUT2D eigenvalue weighted by Gasteiger charge is 2.20. The van der Waals surface area contributed by atoms with Crippen LogP contribution in [0.4, 0.5) is 0 Å². The first-order valence-electron chi connectivity index (χ1n) is 7.35. The van der Waals surface area contributed by atoms with Gasteiger partial charge >= 0.3 is 0 Å². The number of carbonyl (C=O) groups is 2. The zero-order chi connectivity index (χ0) is 15.9. The summed E-state index contributed by atoms with van der Waals surface area (Å²) in [5, 5.41) is 2.79. The van der Waals surface area contributed by atoms with Crippen molar-refractivity contribution in [1.82, 2.24) is 20.1 Å². The average molecular weight is 306 g/mol. The highest BCUT2D eigenvalue weighted by atomic mass is 16.5. The van der Waals surface area contributed by atoms with E-state index in [-0.39, 0.29) is 17.5 Å². The molecule has 0 atom stereocenters. The Kier molecular flexibility index (Phi) is 5.85. The van der Waals surface area contributed by atoms with Crippen molar-refractivity contribution in [3.8, 4) is 0 Å². The Morgan fingerprint density at radius 2 is 1.95 bits per heavy atom. The number of aromatic nitrogens is 1. The van der Waals surface area contributed by atoms with Gasteiger partial charge in [0.2, 0.25) is 0 Å². The molecule has 1 N–H and O–H groups in total. The number of ether oxygens (including phenoxy) is 1. The Labute approximate surface area is 130 Å². The van der Waals surface area contributed by atoms with E-state index in [1.807, 2.05) is 19.0 Å². The zero-order valence-electron chi connectivity index (χ0n) is 13.0. The van der Waals surface area contributed by atoms with Crippen molar-refractivity contribution in [3.05, 3.63) is 29.6 Å². The molecule has 0 bridgehead atoms. The summed E-state index contributed by atoms with van der Waals surface area (Å²) in [6.07, 6.45) is 0. The molecule has 2 rings (SSSR count). The van der Waals surface area contributed by atoms with E-state index in [4.69, 9.17) is 4.74 Å². The van der Waals surface area contributed by atoms with Gasteiger partial charge in [0, 0.05) is 26.2 Å². The molecule has 0 spiro atoms. The van der Waals surface area contributed by atoms with E-state index in [0.717, 1.165) is 6.54 Å². The van der Waals surface area contributed by atoms with Crippen LogP contribution in [0.5, 0.6) is 0 Å². The monoisotopic (exact) mass is 306 g/mol. The van der Waals surface area contributed by atoms with Crippen molar-refractivity contribution in [2.45, 2.75) is 0 Å². The van der Waals surface area contributed by atoms with E-state index in [0.29, 0.717) is 38.5 Å². The van der Waals surface area contributed by atoms with Crippen LogP contribution >= 0.6 is 0 Å². The van der Waals surface area contributed by atoms with E-state index in [9.17, 15) is 9.59 Å². The van der Waals surface area contributed by atoms with Crippen LogP contribution in [0.3, 0.4) is 0 Å². The fraction of sp³-hybridized carbons (Fsp3) is 0.533. The molecule has 7 nitrogen and oxygen atoms in total. The lowest BCUT2D eigenvalue weighted by Gasteiger charge is -2.26. The summed E-state index contributed by atoms with van der Waals surface area (Å²) in [6.45, 7) is 3.47. The lowest BCUT2D eigenvalue weighted by molar-refractivity contribution is 0.0299. The van der Waals surface area contributed by atoms with Crippen LogP contribution in [-0.4, -0.2) is 80.1 Å². The Balaban J connectivity index is 1.99. The number of nitrogens with zero attached hydrogens (tertiary/aromatic N) is 3. The molecule has 1 aromatic heterocycles. The number of pyridine rings is 1. The van der Waals surface area contributed by atoms with Crippen LogP contribution in [0, 0.1) is 0 Å². The van der Waals surface area contributed by atoms with Crippen LogP contribution in [0.1, 0.15) is 21.0 Å². The summed E-state index contributed by atoms with van der Waals surface area (Å²) in [7, 11) is 3.87. The highest BCUT2D eigenvalue weighted by Crippen LogP contribution is 2.06. The molecule has 7 heteroatoms. The van der Waals surface area contributed by atoms with Gasteiger partial charge < -0.3 is 19.9 Å². The van der Waals surface area contributed by atoms with E-state index >= 15 is 0 Å². The highest BCUT2D eigenvalue weighted by molar-refractivity contribution is 5.96. The standard InChI is InChI=1S/C15H22N4O3/c1-18(2)7-6-16-14(20)12-4-3-5-13(17-12)15(21)19-8-10-22-11-9-19/h3-5H,6-11H2,1-2H3,(H,16,20). The van der Waals surface area contributed by atoms with E-state index in [1.165, 1.54) is 0 Å². The number of carbonyl (C=O) groups excluding carboxylic acids is 2. The average Bonchev–Trinajstić information content (AvgIpc) is 2.54. The molecule has 1 aliphatic heterocycles. The first-order chi connectivity index (χ1) is 10.6. The topological polar surface area (TPSA) is 74.8 Å². The number of nitrogens with one attached hydrogen (secondary N) is 1. The van der Waals surface area contributed by atoms with Crippen molar-refractivity contribution < 1.29 is 14.3 Å². The number of likely N-dealkylation sites (N-methyl/N-ethyl adjacent to an activating group) is 1. The minimum atomic E-state index is -0.265. The molecule has 1 fully saturated rings. The molecule has 2 amide bonds. The molecule has 1 aromatic rings. The van der Waals surface area contributed by atoms with Gasteiger partial charge in [-0.05, 0) is 26.2 Å². The molecule has 120 valence electrons. The largest absolute Gasteiger partial charge is 0.378 e. The van der Waals surface area contributed by atoms with Crippen molar-refractivity contribution >= 4 is 11.8 Å². The molecule has 0 radical (unpaired) electrons. The van der Waals surface area contributed by atoms with Crippen LogP contribution in [-0.2, 0) is 4.74 Å². The summed E-state index contributed by atoms with van der Waals surface area (Å²) >= 11 is 0. The van der Waals surface area contributed by atoms with Crippen LogP contribution in [0.15, 0.2) is 18.2 Å². The lowest BCUT2D eigenvalue weighted by atomic mass is 10.2. The third kappa shape index (κ3) is 4.51. The van der Waals surface area contributed by atoms with E-state index in [1.54, 1.807) is 23.1 Å². The molecule has 0 saturated carbocycles. The molecule has 1 aliphatic rings. The summed E-state index contributed by atoms with van der Waals surface area (Å²) in [5.74, 6) is -0.426. The lowest BCUT2D eigenvalue weighted by Crippen LogP contribution is -2.41. The van der Waals surface area contributed by atoms with Gasteiger partial charge in [0.15, 0.2) is 0 Å². The molecular weight excluding hydrogens is 284 g/mol. The van der Waals surface area contributed by atoms with Crippen molar-refractivity contribution in [2.75, 3.05) is 53.5 Å². The van der Waals surface area contributed by atoms with Gasteiger partial charge in [0.25, 0.3) is 11.8 Å². The van der Waals surface area contributed by atoms with Crippen LogP contribution in [0.25, 0.3) is 0 Å².